The maximum Gasteiger partial charge on any atom is 0.222 e. The van der Waals surface area contributed by atoms with Gasteiger partial charge >= 0.3 is 0 Å². The largest absolute Gasteiger partial charge is 0.493 e. The second-order valence-electron chi connectivity index (χ2n) is 7.23. The molecule has 0 spiro atoms. The van der Waals surface area contributed by atoms with Crippen LogP contribution in [0.2, 0.25) is 0 Å². The highest BCUT2D eigenvalue weighted by molar-refractivity contribution is 5.77. The third-order valence-electron chi connectivity index (χ3n) is 5.30. The number of hydrogen-bond donors (Lipinski definition) is 2. The Hall–Kier alpha value is -2.33. The van der Waals surface area contributed by atoms with Gasteiger partial charge < -0.3 is 15.4 Å². The van der Waals surface area contributed by atoms with Crippen LogP contribution in [0.25, 0.3) is 0 Å². The number of aryl methyl sites for hydroxylation is 1. The summed E-state index contributed by atoms with van der Waals surface area (Å²) in [6, 6.07) is 16.7. The van der Waals surface area contributed by atoms with Gasteiger partial charge in [0.1, 0.15) is 5.75 Å². The first-order valence-electron chi connectivity index (χ1n) is 9.63. The zero-order valence-corrected chi connectivity index (χ0v) is 15.0. The predicted molar refractivity (Wildman–Crippen MR) is 102 cm³/mol. The first kappa shape index (κ1) is 17.1. The highest BCUT2D eigenvalue weighted by Gasteiger charge is 2.22. The van der Waals surface area contributed by atoms with E-state index in [4.69, 9.17) is 4.74 Å². The summed E-state index contributed by atoms with van der Waals surface area (Å²) in [5.74, 6) is 1.08. The number of carbonyl (C=O) groups excluding carboxylic acids is 1. The Morgan fingerprint density at radius 1 is 1.15 bits per heavy atom. The monoisotopic (exact) mass is 350 g/mol. The molecule has 1 saturated heterocycles. The Bertz CT molecular complexity index is 754. The quantitative estimate of drug-likeness (QED) is 0.869. The van der Waals surface area contributed by atoms with Crippen LogP contribution in [0, 0.1) is 0 Å². The average molecular weight is 350 g/mol. The van der Waals surface area contributed by atoms with Gasteiger partial charge in [0, 0.05) is 12.5 Å². The van der Waals surface area contributed by atoms with Gasteiger partial charge in [-0.25, -0.2) is 0 Å². The van der Waals surface area contributed by atoms with Crippen LogP contribution in [0.3, 0.4) is 0 Å². The van der Waals surface area contributed by atoms with Crippen molar-refractivity contribution in [3.63, 3.8) is 0 Å². The lowest BCUT2D eigenvalue weighted by Gasteiger charge is -2.24. The number of nitrogens with one attached hydrogen (secondary N) is 2. The van der Waals surface area contributed by atoms with Gasteiger partial charge in [0.05, 0.1) is 12.6 Å². The van der Waals surface area contributed by atoms with Crippen molar-refractivity contribution < 1.29 is 9.53 Å². The minimum atomic E-state index is -0.127. The van der Waals surface area contributed by atoms with Gasteiger partial charge in [-0.15, -0.1) is 0 Å². The molecule has 0 radical (unpaired) electrons. The lowest BCUT2D eigenvalue weighted by atomic mass is 9.94. The van der Waals surface area contributed by atoms with E-state index in [0.717, 1.165) is 55.7 Å². The molecule has 2 aliphatic rings. The second-order valence-corrected chi connectivity index (χ2v) is 7.23. The summed E-state index contributed by atoms with van der Waals surface area (Å²) in [5.41, 5.74) is 3.46. The van der Waals surface area contributed by atoms with E-state index in [1.165, 1.54) is 5.56 Å². The third-order valence-corrected chi connectivity index (χ3v) is 5.30. The summed E-state index contributed by atoms with van der Waals surface area (Å²) in [7, 11) is 0. The summed E-state index contributed by atoms with van der Waals surface area (Å²) in [4.78, 5) is 12.7. The zero-order valence-electron chi connectivity index (χ0n) is 15.0. The Morgan fingerprint density at radius 2 is 2.04 bits per heavy atom. The second kappa shape index (κ2) is 7.92. The summed E-state index contributed by atoms with van der Waals surface area (Å²) in [5, 5.41) is 6.67. The van der Waals surface area contributed by atoms with Gasteiger partial charge in [0.2, 0.25) is 5.91 Å². The fourth-order valence-electron chi connectivity index (χ4n) is 3.94. The van der Waals surface area contributed by atoms with E-state index in [9.17, 15) is 4.79 Å². The maximum atomic E-state index is 12.7. The molecule has 0 aromatic heterocycles. The number of carbonyl (C=O) groups is 1. The van der Waals surface area contributed by atoms with Crippen molar-refractivity contribution in [3.8, 4) is 5.75 Å². The molecule has 136 valence electrons. The molecule has 2 unspecified atom stereocenters. The van der Waals surface area contributed by atoms with E-state index in [0.29, 0.717) is 12.5 Å². The first-order valence-corrected chi connectivity index (χ1v) is 9.63. The minimum absolute atomic E-state index is 0.104. The number of rotatable bonds is 5. The van der Waals surface area contributed by atoms with Crippen LogP contribution in [0.5, 0.6) is 5.75 Å². The molecule has 2 aromatic carbocycles. The molecule has 2 aromatic rings. The SMILES string of the molecule is O=C(CC1CCCN1)NC(c1ccccc1)c1ccc2c(c1)CCCO2. The molecule has 0 aliphatic carbocycles. The normalized spacial score (nSPS) is 20.1. The van der Waals surface area contributed by atoms with E-state index in [2.05, 4.69) is 34.9 Å². The van der Waals surface area contributed by atoms with E-state index in [1.54, 1.807) is 0 Å². The Balaban J connectivity index is 1.57. The predicted octanol–water partition coefficient (Wildman–Crippen LogP) is 3.36. The molecular formula is C22H26N2O2. The molecular weight excluding hydrogens is 324 g/mol. The van der Waals surface area contributed by atoms with Crippen LogP contribution in [0.15, 0.2) is 48.5 Å². The summed E-state index contributed by atoms with van der Waals surface area (Å²) < 4.78 is 5.74. The standard InChI is InChI=1S/C22H26N2O2/c25-21(15-19-9-4-12-23-19)24-22(16-6-2-1-3-7-16)18-10-11-20-17(14-18)8-5-13-26-20/h1-3,6-7,10-11,14,19,22-23H,4-5,8-9,12-13,15H2,(H,24,25). The van der Waals surface area contributed by atoms with Crippen LogP contribution < -0.4 is 15.4 Å². The van der Waals surface area contributed by atoms with Crippen LogP contribution >= 0.6 is 0 Å². The van der Waals surface area contributed by atoms with Crippen LogP contribution in [0.1, 0.15) is 48.4 Å². The molecule has 4 rings (SSSR count). The average Bonchev–Trinajstić information content (AvgIpc) is 3.19. The summed E-state index contributed by atoms with van der Waals surface area (Å²) in [6.07, 6.45) is 4.86. The third kappa shape index (κ3) is 3.91. The zero-order chi connectivity index (χ0) is 17.8. The maximum absolute atomic E-state index is 12.7. The summed E-state index contributed by atoms with van der Waals surface area (Å²) in [6.45, 7) is 1.81. The molecule has 0 saturated carbocycles. The number of amides is 1. The van der Waals surface area contributed by atoms with Crippen LogP contribution in [0.4, 0.5) is 0 Å². The first-order chi connectivity index (χ1) is 12.8. The van der Waals surface area contributed by atoms with Crippen LogP contribution in [-0.2, 0) is 11.2 Å². The number of benzene rings is 2. The van der Waals surface area contributed by atoms with Gasteiger partial charge in [0.25, 0.3) is 0 Å². The highest BCUT2D eigenvalue weighted by Crippen LogP contribution is 2.30. The van der Waals surface area contributed by atoms with Crippen molar-refractivity contribution in [2.24, 2.45) is 0 Å². The molecule has 4 nitrogen and oxygen atoms in total. The fraction of sp³-hybridized carbons (Fsp3) is 0.409. The Labute approximate surface area is 155 Å². The Morgan fingerprint density at radius 3 is 2.85 bits per heavy atom. The van der Waals surface area contributed by atoms with Gasteiger partial charge in [-0.2, -0.15) is 0 Å². The van der Waals surface area contributed by atoms with Crippen molar-refractivity contribution in [2.75, 3.05) is 13.2 Å². The van der Waals surface area contributed by atoms with Crippen molar-refractivity contribution in [1.82, 2.24) is 10.6 Å². The van der Waals surface area contributed by atoms with Crippen molar-refractivity contribution in [3.05, 3.63) is 65.2 Å². The number of hydrogen-bond acceptors (Lipinski definition) is 3. The van der Waals surface area contributed by atoms with Gasteiger partial charge in [-0.3, -0.25) is 4.79 Å². The molecule has 1 amide bonds. The van der Waals surface area contributed by atoms with Crippen molar-refractivity contribution in [2.45, 2.75) is 44.2 Å². The van der Waals surface area contributed by atoms with E-state index in [1.807, 2.05) is 24.3 Å². The molecule has 1 fully saturated rings. The lowest BCUT2D eigenvalue weighted by Crippen LogP contribution is -2.34. The van der Waals surface area contributed by atoms with E-state index in [-0.39, 0.29) is 11.9 Å². The smallest absolute Gasteiger partial charge is 0.222 e. The van der Waals surface area contributed by atoms with Crippen molar-refractivity contribution in [1.29, 1.82) is 0 Å². The molecule has 2 aliphatic heterocycles. The fourth-order valence-corrected chi connectivity index (χ4v) is 3.94. The molecule has 2 N–H and O–H groups in total. The van der Waals surface area contributed by atoms with E-state index < -0.39 is 0 Å². The minimum Gasteiger partial charge on any atom is -0.493 e. The van der Waals surface area contributed by atoms with E-state index >= 15 is 0 Å². The topological polar surface area (TPSA) is 50.4 Å². The molecule has 4 heteroatoms. The Kier molecular flexibility index (Phi) is 5.21. The van der Waals surface area contributed by atoms with Crippen LogP contribution in [-0.4, -0.2) is 25.1 Å². The number of ether oxygens (including phenoxy) is 1. The lowest BCUT2D eigenvalue weighted by molar-refractivity contribution is -0.122. The molecule has 2 heterocycles. The molecule has 2 atom stereocenters. The van der Waals surface area contributed by atoms with Gasteiger partial charge in [0.15, 0.2) is 0 Å². The highest BCUT2D eigenvalue weighted by atomic mass is 16.5. The molecule has 0 bridgehead atoms. The van der Waals surface area contributed by atoms with Crippen molar-refractivity contribution >= 4 is 5.91 Å². The van der Waals surface area contributed by atoms with Gasteiger partial charge in [-0.1, -0.05) is 36.4 Å². The molecule has 26 heavy (non-hydrogen) atoms. The number of fused-ring (bicyclic) bond motifs is 1. The van der Waals surface area contributed by atoms with Gasteiger partial charge in [-0.05, 0) is 61.1 Å². The summed E-state index contributed by atoms with van der Waals surface area (Å²) >= 11 is 0.